The van der Waals surface area contributed by atoms with E-state index in [1.54, 1.807) is 12.1 Å². The van der Waals surface area contributed by atoms with Gasteiger partial charge in [-0.15, -0.1) is 0 Å². The summed E-state index contributed by atoms with van der Waals surface area (Å²) in [6.45, 7) is 4.78. The number of benzene rings is 1. The zero-order chi connectivity index (χ0) is 15.4. The first-order valence-electron chi connectivity index (χ1n) is 7.39. The summed E-state index contributed by atoms with van der Waals surface area (Å²) in [5.74, 6) is 0.127. The van der Waals surface area contributed by atoms with E-state index in [1.165, 1.54) is 12.1 Å². The third kappa shape index (κ3) is 3.21. The number of carbonyl (C=O) groups is 1. The first kappa shape index (κ1) is 15.4. The van der Waals surface area contributed by atoms with Crippen LogP contribution in [0.25, 0.3) is 0 Å². The lowest BCUT2D eigenvalue weighted by atomic mass is 10.1. The molecule has 1 fully saturated rings. The fraction of sp³-hybridized carbons (Fsp3) is 0.533. The van der Waals surface area contributed by atoms with E-state index in [4.69, 9.17) is 0 Å². The van der Waals surface area contributed by atoms with Crippen LogP contribution >= 0.6 is 0 Å². The van der Waals surface area contributed by atoms with E-state index in [-0.39, 0.29) is 23.8 Å². The number of carbonyl (C=O) groups excluding carboxylic acids is 1. The molecule has 2 unspecified atom stereocenters. The highest BCUT2D eigenvalue weighted by molar-refractivity contribution is 5.84. The number of hydrogen-bond donors (Lipinski definition) is 1. The predicted octanol–water partition coefficient (Wildman–Crippen LogP) is 2.60. The molecule has 1 amide bonds. The standard InChI is InChI=1S/C15H21N3O3/c1-3-5-13-15(19)17(10-4-2)14(16-13)11-6-8-12(9-7-11)18(20)21/h6-9,13-14,16H,3-5,10H2,1-2H3. The molecule has 1 saturated heterocycles. The lowest BCUT2D eigenvalue weighted by Crippen LogP contribution is -2.31. The molecule has 1 aliphatic heterocycles. The Bertz CT molecular complexity index is 515. The normalized spacial score (nSPS) is 21.8. The van der Waals surface area contributed by atoms with Gasteiger partial charge in [0, 0.05) is 18.7 Å². The van der Waals surface area contributed by atoms with Gasteiger partial charge in [-0.05, 0) is 30.5 Å². The van der Waals surface area contributed by atoms with E-state index in [9.17, 15) is 14.9 Å². The quantitative estimate of drug-likeness (QED) is 0.645. The SMILES string of the molecule is CCCC1NC(c2ccc([N+](=O)[O-])cc2)N(CCC)C1=O. The molecule has 1 N–H and O–H groups in total. The minimum absolute atomic E-state index is 0.0650. The van der Waals surface area contributed by atoms with Gasteiger partial charge in [0.15, 0.2) is 0 Å². The third-order valence-corrected chi connectivity index (χ3v) is 3.71. The van der Waals surface area contributed by atoms with Crippen molar-refractivity contribution in [3.63, 3.8) is 0 Å². The second kappa shape index (κ2) is 6.67. The molecule has 0 saturated carbocycles. The maximum absolute atomic E-state index is 12.4. The van der Waals surface area contributed by atoms with Crippen molar-refractivity contribution in [1.82, 2.24) is 10.2 Å². The number of nitrogens with one attached hydrogen (secondary N) is 1. The summed E-state index contributed by atoms with van der Waals surface area (Å²) < 4.78 is 0. The minimum atomic E-state index is -0.416. The van der Waals surface area contributed by atoms with Crippen LogP contribution in [0.4, 0.5) is 5.69 Å². The lowest BCUT2D eigenvalue weighted by Gasteiger charge is -2.23. The number of hydrogen-bond acceptors (Lipinski definition) is 4. The van der Waals surface area contributed by atoms with Crippen molar-refractivity contribution in [3.05, 3.63) is 39.9 Å². The molecule has 1 aliphatic rings. The fourth-order valence-electron chi connectivity index (χ4n) is 2.71. The fourth-order valence-corrected chi connectivity index (χ4v) is 2.71. The van der Waals surface area contributed by atoms with Gasteiger partial charge in [0.1, 0.15) is 6.17 Å². The van der Waals surface area contributed by atoms with Crippen LogP contribution in [-0.2, 0) is 4.79 Å². The molecule has 1 heterocycles. The molecule has 0 bridgehead atoms. The molecule has 2 atom stereocenters. The van der Waals surface area contributed by atoms with E-state index >= 15 is 0 Å². The molecular formula is C15H21N3O3. The highest BCUT2D eigenvalue weighted by Crippen LogP contribution is 2.28. The van der Waals surface area contributed by atoms with Gasteiger partial charge in [0.2, 0.25) is 5.91 Å². The van der Waals surface area contributed by atoms with Crippen LogP contribution in [0.1, 0.15) is 44.8 Å². The Labute approximate surface area is 124 Å². The van der Waals surface area contributed by atoms with Crippen molar-refractivity contribution in [2.75, 3.05) is 6.54 Å². The summed E-state index contributed by atoms with van der Waals surface area (Å²) in [7, 11) is 0. The van der Waals surface area contributed by atoms with Crippen LogP contribution in [0.3, 0.4) is 0 Å². The first-order valence-corrected chi connectivity index (χ1v) is 7.39. The number of nitro groups is 1. The lowest BCUT2D eigenvalue weighted by molar-refractivity contribution is -0.384. The van der Waals surface area contributed by atoms with Gasteiger partial charge in [0.25, 0.3) is 5.69 Å². The molecule has 6 heteroatoms. The number of amides is 1. The van der Waals surface area contributed by atoms with E-state index < -0.39 is 4.92 Å². The zero-order valence-electron chi connectivity index (χ0n) is 12.4. The average Bonchev–Trinajstić information content (AvgIpc) is 2.78. The Morgan fingerprint density at radius 1 is 1.24 bits per heavy atom. The molecule has 1 aromatic rings. The van der Waals surface area contributed by atoms with E-state index in [1.807, 2.05) is 11.8 Å². The van der Waals surface area contributed by atoms with Gasteiger partial charge in [0.05, 0.1) is 11.0 Å². The molecule has 1 aromatic carbocycles. The highest BCUT2D eigenvalue weighted by Gasteiger charge is 2.38. The van der Waals surface area contributed by atoms with Crippen LogP contribution in [0.5, 0.6) is 0 Å². The van der Waals surface area contributed by atoms with Crippen molar-refractivity contribution < 1.29 is 9.72 Å². The Morgan fingerprint density at radius 3 is 2.43 bits per heavy atom. The van der Waals surface area contributed by atoms with Crippen molar-refractivity contribution in [1.29, 1.82) is 0 Å². The molecule has 0 aromatic heterocycles. The molecule has 21 heavy (non-hydrogen) atoms. The summed E-state index contributed by atoms with van der Waals surface area (Å²) in [4.78, 5) is 24.5. The van der Waals surface area contributed by atoms with Crippen molar-refractivity contribution in [2.45, 2.75) is 45.3 Å². The van der Waals surface area contributed by atoms with Crippen molar-refractivity contribution in [2.24, 2.45) is 0 Å². The molecular weight excluding hydrogens is 270 g/mol. The summed E-state index contributed by atoms with van der Waals surface area (Å²) in [5.41, 5.74) is 0.955. The number of nitrogens with zero attached hydrogens (tertiary/aromatic N) is 2. The van der Waals surface area contributed by atoms with Crippen LogP contribution in [0, 0.1) is 10.1 Å². The molecule has 2 rings (SSSR count). The first-order chi connectivity index (χ1) is 10.1. The van der Waals surface area contributed by atoms with Crippen molar-refractivity contribution in [3.8, 4) is 0 Å². The maximum atomic E-state index is 12.4. The van der Waals surface area contributed by atoms with Crippen LogP contribution in [0.15, 0.2) is 24.3 Å². The van der Waals surface area contributed by atoms with Crippen LogP contribution in [-0.4, -0.2) is 28.3 Å². The predicted molar refractivity (Wildman–Crippen MR) is 79.7 cm³/mol. The average molecular weight is 291 g/mol. The summed E-state index contributed by atoms with van der Waals surface area (Å²) >= 11 is 0. The van der Waals surface area contributed by atoms with E-state index in [0.717, 1.165) is 24.8 Å². The Morgan fingerprint density at radius 2 is 1.90 bits per heavy atom. The molecule has 6 nitrogen and oxygen atoms in total. The maximum Gasteiger partial charge on any atom is 0.269 e. The number of non-ortho nitro benzene ring substituents is 1. The van der Waals surface area contributed by atoms with E-state index in [2.05, 4.69) is 12.2 Å². The third-order valence-electron chi connectivity index (χ3n) is 3.71. The smallest absolute Gasteiger partial charge is 0.269 e. The number of rotatable bonds is 6. The van der Waals surface area contributed by atoms with Crippen molar-refractivity contribution >= 4 is 11.6 Å². The summed E-state index contributed by atoms with van der Waals surface area (Å²) in [6, 6.07) is 6.26. The molecule has 0 spiro atoms. The molecule has 0 aliphatic carbocycles. The Balaban J connectivity index is 2.23. The monoisotopic (exact) mass is 291 g/mol. The highest BCUT2D eigenvalue weighted by atomic mass is 16.6. The van der Waals surface area contributed by atoms with Gasteiger partial charge < -0.3 is 4.90 Å². The zero-order valence-corrected chi connectivity index (χ0v) is 12.4. The van der Waals surface area contributed by atoms with Gasteiger partial charge in [-0.25, -0.2) is 0 Å². The second-order valence-electron chi connectivity index (χ2n) is 5.29. The Kier molecular flexibility index (Phi) is 4.90. The van der Waals surface area contributed by atoms with Crippen LogP contribution in [0.2, 0.25) is 0 Å². The van der Waals surface area contributed by atoms with Gasteiger partial charge in [-0.1, -0.05) is 20.3 Å². The van der Waals surface area contributed by atoms with E-state index in [0.29, 0.717) is 6.54 Å². The summed E-state index contributed by atoms with van der Waals surface area (Å²) in [6.07, 6.45) is 2.45. The molecule has 114 valence electrons. The summed E-state index contributed by atoms with van der Waals surface area (Å²) in [5, 5.41) is 14.1. The Hall–Kier alpha value is -1.95. The number of nitro benzene ring substituents is 1. The van der Waals surface area contributed by atoms with Gasteiger partial charge >= 0.3 is 0 Å². The van der Waals surface area contributed by atoms with Gasteiger partial charge in [-0.3, -0.25) is 20.2 Å². The van der Waals surface area contributed by atoms with Crippen LogP contribution < -0.4 is 5.32 Å². The minimum Gasteiger partial charge on any atom is -0.322 e. The molecule has 0 radical (unpaired) electrons. The largest absolute Gasteiger partial charge is 0.322 e. The topological polar surface area (TPSA) is 75.5 Å². The second-order valence-corrected chi connectivity index (χ2v) is 5.29. The van der Waals surface area contributed by atoms with Gasteiger partial charge in [-0.2, -0.15) is 0 Å².